The van der Waals surface area contributed by atoms with Crippen molar-refractivity contribution in [1.82, 2.24) is 10.2 Å². The molecule has 7 nitrogen and oxygen atoms in total. The molecule has 0 spiro atoms. The maximum Gasteiger partial charge on any atom is 0.256 e. The highest BCUT2D eigenvalue weighted by molar-refractivity contribution is 5.87. The second-order valence-electron chi connectivity index (χ2n) is 7.72. The average molecular weight is 375 g/mol. The molecule has 1 aromatic carbocycles. The van der Waals surface area contributed by atoms with Crippen LogP contribution in [0.4, 0.5) is 0 Å². The van der Waals surface area contributed by atoms with Gasteiger partial charge in [0.15, 0.2) is 5.60 Å². The van der Waals surface area contributed by atoms with Gasteiger partial charge in [-0.2, -0.15) is 0 Å². The molecule has 0 bridgehead atoms. The van der Waals surface area contributed by atoms with Gasteiger partial charge in [-0.3, -0.25) is 14.9 Å². The van der Waals surface area contributed by atoms with E-state index < -0.39 is 17.0 Å². The van der Waals surface area contributed by atoms with Crippen LogP contribution in [0.1, 0.15) is 44.1 Å². The van der Waals surface area contributed by atoms with Crippen molar-refractivity contribution in [3.63, 3.8) is 0 Å². The number of piperidine rings is 1. The number of nitrogens with two attached hydrogens (primary N) is 1. The number of aliphatic hydroxyl groups is 1. The molecule has 2 fully saturated rings. The summed E-state index contributed by atoms with van der Waals surface area (Å²) in [7, 11) is 1.60. The van der Waals surface area contributed by atoms with Gasteiger partial charge >= 0.3 is 0 Å². The third-order valence-electron chi connectivity index (χ3n) is 5.86. The number of carbonyl (C=O) groups excluding carboxylic acids is 2. The van der Waals surface area contributed by atoms with E-state index in [1.165, 1.54) is 0 Å². The Bertz CT molecular complexity index is 702. The first kappa shape index (κ1) is 19.6. The Morgan fingerprint density at radius 2 is 2.04 bits per heavy atom. The van der Waals surface area contributed by atoms with Crippen LogP contribution in [0, 0.1) is 0 Å². The molecule has 2 amide bonds. The van der Waals surface area contributed by atoms with E-state index in [-0.39, 0.29) is 12.5 Å². The van der Waals surface area contributed by atoms with Crippen molar-refractivity contribution in [2.75, 3.05) is 20.2 Å². The molecule has 1 aliphatic carbocycles. The van der Waals surface area contributed by atoms with Gasteiger partial charge in [0.1, 0.15) is 5.75 Å². The van der Waals surface area contributed by atoms with E-state index in [4.69, 9.17) is 10.5 Å². The van der Waals surface area contributed by atoms with Gasteiger partial charge < -0.3 is 20.5 Å². The lowest BCUT2D eigenvalue weighted by Gasteiger charge is -2.40. The zero-order valence-corrected chi connectivity index (χ0v) is 15.9. The summed E-state index contributed by atoms with van der Waals surface area (Å²) in [6, 6.07) is 7.56. The van der Waals surface area contributed by atoms with Crippen molar-refractivity contribution >= 4 is 11.8 Å². The van der Waals surface area contributed by atoms with Crippen LogP contribution in [0.2, 0.25) is 0 Å². The number of amides is 2. The normalized spacial score (nSPS) is 24.8. The summed E-state index contributed by atoms with van der Waals surface area (Å²) in [5.74, 6) is 0.0281. The van der Waals surface area contributed by atoms with Crippen molar-refractivity contribution in [1.29, 1.82) is 0 Å². The third-order valence-corrected chi connectivity index (χ3v) is 5.86. The minimum atomic E-state index is -1.51. The second kappa shape index (κ2) is 7.86. The predicted molar refractivity (Wildman–Crippen MR) is 101 cm³/mol. The van der Waals surface area contributed by atoms with Crippen LogP contribution < -0.4 is 15.8 Å². The Morgan fingerprint density at radius 1 is 1.30 bits per heavy atom. The standard InChI is InChI=1S/C20H29N3O4/c1-27-16-7-4-6-15(12-16)13-23-11-5-10-20(26,18(23)25)14-22-19(17(21)24)8-2-3-9-19/h4,6-7,12,22,26H,2-3,5,8-11,13-14H2,1H3,(H2,21,24)/t20-/m0/s1. The molecular weight excluding hydrogens is 346 g/mol. The van der Waals surface area contributed by atoms with Crippen molar-refractivity contribution in [3.8, 4) is 5.75 Å². The number of nitrogens with one attached hydrogen (secondary N) is 1. The molecule has 4 N–H and O–H groups in total. The van der Waals surface area contributed by atoms with E-state index >= 15 is 0 Å². The van der Waals surface area contributed by atoms with E-state index in [1.54, 1.807) is 12.0 Å². The topological polar surface area (TPSA) is 105 Å². The third kappa shape index (κ3) is 4.09. The van der Waals surface area contributed by atoms with E-state index in [0.29, 0.717) is 38.8 Å². The van der Waals surface area contributed by atoms with Crippen LogP contribution in [0.5, 0.6) is 5.75 Å². The maximum absolute atomic E-state index is 13.0. The average Bonchev–Trinajstić information content (AvgIpc) is 3.15. The molecule has 148 valence electrons. The number of rotatable bonds is 7. The fourth-order valence-corrected chi connectivity index (χ4v) is 4.18. The molecule has 0 unspecified atom stereocenters. The molecule has 27 heavy (non-hydrogen) atoms. The van der Waals surface area contributed by atoms with Crippen molar-refractivity contribution in [2.24, 2.45) is 5.73 Å². The van der Waals surface area contributed by atoms with Gasteiger partial charge in [0, 0.05) is 19.6 Å². The molecule has 1 aromatic rings. The number of nitrogens with zero attached hydrogens (tertiary/aromatic N) is 1. The second-order valence-corrected chi connectivity index (χ2v) is 7.72. The van der Waals surface area contributed by atoms with Crippen molar-refractivity contribution in [3.05, 3.63) is 29.8 Å². The highest BCUT2D eigenvalue weighted by Crippen LogP contribution is 2.31. The van der Waals surface area contributed by atoms with Gasteiger partial charge in [0.2, 0.25) is 5.91 Å². The van der Waals surface area contributed by atoms with Crippen LogP contribution in [0.3, 0.4) is 0 Å². The molecule has 0 aromatic heterocycles. The molecule has 0 radical (unpaired) electrons. The molecule has 1 saturated carbocycles. The fraction of sp³-hybridized carbons (Fsp3) is 0.600. The number of benzene rings is 1. The van der Waals surface area contributed by atoms with Crippen LogP contribution >= 0.6 is 0 Å². The first-order valence-electron chi connectivity index (χ1n) is 9.58. The first-order chi connectivity index (χ1) is 12.9. The van der Waals surface area contributed by atoms with Gasteiger partial charge in [-0.1, -0.05) is 25.0 Å². The Labute approximate surface area is 159 Å². The number of likely N-dealkylation sites (tertiary alicyclic amines) is 1. The smallest absolute Gasteiger partial charge is 0.256 e. The van der Waals surface area contributed by atoms with Gasteiger partial charge in [-0.15, -0.1) is 0 Å². The lowest BCUT2D eigenvalue weighted by Crippen LogP contribution is -2.63. The number of hydrogen-bond donors (Lipinski definition) is 3. The van der Waals surface area contributed by atoms with E-state index in [0.717, 1.165) is 24.2 Å². The minimum Gasteiger partial charge on any atom is -0.497 e. The fourth-order valence-electron chi connectivity index (χ4n) is 4.18. The predicted octanol–water partition coefficient (Wildman–Crippen LogP) is 0.936. The Morgan fingerprint density at radius 3 is 2.70 bits per heavy atom. The number of carbonyl (C=O) groups is 2. The van der Waals surface area contributed by atoms with Gasteiger partial charge in [0.05, 0.1) is 12.6 Å². The summed E-state index contributed by atoms with van der Waals surface area (Å²) in [5.41, 5.74) is 4.23. The number of primary amides is 1. The summed E-state index contributed by atoms with van der Waals surface area (Å²) in [6.07, 6.45) is 4.23. The Kier molecular flexibility index (Phi) is 5.72. The minimum absolute atomic E-state index is 0.0450. The number of ether oxygens (including phenoxy) is 1. The van der Waals surface area contributed by atoms with Crippen molar-refractivity contribution in [2.45, 2.75) is 56.2 Å². The lowest BCUT2D eigenvalue weighted by molar-refractivity contribution is -0.158. The molecule has 1 saturated heterocycles. The highest BCUT2D eigenvalue weighted by atomic mass is 16.5. The summed E-state index contributed by atoms with van der Waals surface area (Å²) in [6.45, 7) is 1.06. The number of β-amino-alcohol motifs (C(OH)–C–C–N with tert-alkyl or cyclic N) is 1. The largest absolute Gasteiger partial charge is 0.497 e. The van der Waals surface area contributed by atoms with E-state index in [9.17, 15) is 14.7 Å². The summed E-state index contributed by atoms with van der Waals surface area (Å²) >= 11 is 0. The molecule has 7 heteroatoms. The Hall–Kier alpha value is -2.12. The van der Waals surface area contributed by atoms with E-state index in [1.807, 2.05) is 24.3 Å². The summed E-state index contributed by atoms with van der Waals surface area (Å²) in [5, 5.41) is 14.2. The zero-order chi connectivity index (χ0) is 19.5. The zero-order valence-electron chi connectivity index (χ0n) is 15.9. The lowest BCUT2D eigenvalue weighted by atomic mass is 9.88. The number of methoxy groups -OCH3 is 1. The molecule has 1 aliphatic heterocycles. The molecule has 2 aliphatic rings. The van der Waals surface area contributed by atoms with Crippen molar-refractivity contribution < 1.29 is 19.4 Å². The molecule has 3 rings (SSSR count). The summed E-state index contributed by atoms with van der Waals surface area (Å²) in [4.78, 5) is 26.6. The highest BCUT2D eigenvalue weighted by Gasteiger charge is 2.46. The summed E-state index contributed by atoms with van der Waals surface area (Å²) < 4.78 is 5.23. The molecule has 1 atom stereocenters. The molecular formula is C20H29N3O4. The van der Waals surface area contributed by atoms with Crippen LogP contribution in [-0.2, 0) is 16.1 Å². The van der Waals surface area contributed by atoms with Gasteiger partial charge in [-0.05, 0) is 43.4 Å². The van der Waals surface area contributed by atoms with Gasteiger partial charge in [-0.25, -0.2) is 0 Å². The Balaban J connectivity index is 1.68. The van der Waals surface area contributed by atoms with Crippen LogP contribution in [-0.4, -0.2) is 53.2 Å². The SMILES string of the molecule is COc1cccc(CN2CCC[C@](O)(CNC3(C(N)=O)CCCC3)C2=O)c1. The number of hydrogen-bond acceptors (Lipinski definition) is 5. The molecule has 1 heterocycles. The van der Waals surface area contributed by atoms with E-state index in [2.05, 4.69) is 5.32 Å². The maximum atomic E-state index is 13.0. The monoisotopic (exact) mass is 375 g/mol. The van der Waals surface area contributed by atoms with Gasteiger partial charge in [0.25, 0.3) is 5.91 Å². The quantitative estimate of drug-likeness (QED) is 0.658. The first-order valence-corrected chi connectivity index (χ1v) is 9.58. The van der Waals surface area contributed by atoms with Crippen LogP contribution in [0.15, 0.2) is 24.3 Å². The van der Waals surface area contributed by atoms with Crippen LogP contribution in [0.25, 0.3) is 0 Å².